The lowest BCUT2D eigenvalue weighted by atomic mass is 10.2. The van der Waals surface area contributed by atoms with Crippen molar-refractivity contribution < 1.29 is 22.3 Å². The number of aromatic nitrogens is 4. The predicted molar refractivity (Wildman–Crippen MR) is 124 cm³/mol. The van der Waals surface area contributed by atoms with Crippen molar-refractivity contribution in [1.29, 1.82) is 0 Å². The first-order chi connectivity index (χ1) is 16.2. The molecule has 0 bridgehead atoms. The van der Waals surface area contributed by atoms with E-state index in [1.807, 2.05) is 0 Å². The van der Waals surface area contributed by atoms with Crippen LogP contribution in [-0.2, 0) is 21.3 Å². The van der Waals surface area contributed by atoms with Crippen LogP contribution in [0.3, 0.4) is 0 Å². The van der Waals surface area contributed by atoms with E-state index in [2.05, 4.69) is 20.8 Å². The summed E-state index contributed by atoms with van der Waals surface area (Å²) in [4.78, 5) is 12.0. The van der Waals surface area contributed by atoms with Crippen molar-refractivity contribution in [2.24, 2.45) is 0 Å². The first-order valence-electron chi connectivity index (χ1n) is 10.0. The van der Waals surface area contributed by atoms with Crippen molar-refractivity contribution in [2.45, 2.75) is 30.8 Å². The van der Waals surface area contributed by atoms with Crippen molar-refractivity contribution in [1.82, 2.24) is 25.5 Å². The van der Waals surface area contributed by atoms with Crippen LogP contribution in [0.25, 0.3) is 0 Å². The summed E-state index contributed by atoms with van der Waals surface area (Å²) in [5.74, 6) is -0.805. The summed E-state index contributed by atoms with van der Waals surface area (Å²) in [6, 6.07) is 8.01. The molecular weight excluding hydrogens is 510 g/mol. The lowest BCUT2D eigenvalue weighted by Gasteiger charge is -2.30. The third kappa shape index (κ3) is 6.55. The average molecular weight is 531 g/mol. The molecule has 1 atom stereocenters. The van der Waals surface area contributed by atoms with Gasteiger partial charge in [-0.25, -0.2) is 22.3 Å². The molecule has 1 N–H and O–H groups in total. The monoisotopic (exact) mass is 530 g/mol. The van der Waals surface area contributed by atoms with Crippen LogP contribution in [0.5, 0.6) is 0 Å². The van der Waals surface area contributed by atoms with Crippen LogP contribution in [0.1, 0.15) is 13.3 Å². The number of nitrogens with zero attached hydrogens (tertiary/aromatic N) is 5. The second-order valence-corrected chi connectivity index (χ2v) is 9.84. The summed E-state index contributed by atoms with van der Waals surface area (Å²) in [5.41, 5.74) is -0.277. The number of halogens is 3. The van der Waals surface area contributed by atoms with Crippen LogP contribution in [0.4, 0.5) is 14.9 Å². The number of amides is 1. The second kappa shape index (κ2) is 11.4. The highest BCUT2D eigenvalue weighted by Gasteiger charge is 2.32. The van der Waals surface area contributed by atoms with Gasteiger partial charge in [-0.1, -0.05) is 23.2 Å². The van der Waals surface area contributed by atoms with Crippen LogP contribution in [0.2, 0.25) is 10.0 Å². The number of benzene rings is 2. The van der Waals surface area contributed by atoms with E-state index >= 15 is 0 Å². The SMILES string of the molecule is C[C@@H](COC(=O)NCCCn1cnnn1)N(c1cc(Cl)ccc1F)S(=O)(=O)c1ccc(Cl)cc1. The number of sulfonamides is 1. The number of alkyl carbamates (subject to hydrolysis) is 1. The Morgan fingerprint density at radius 1 is 1.21 bits per heavy atom. The van der Waals surface area contributed by atoms with Crippen molar-refractivity contribution in [3.63, 3.8) is 0 Å². The maximum absolute atomic E-state index is 14.7. The predicted octanol–water partition coefficient (Wildman–Crippen LogP) is 3.52. The van der Waals surface area contributed by atoms with Gasteiger partial charge in [-0.3, -0.25) is 4.31 Å². The second-order valence-electron chi connectivity index (χ2n) is 7.15. The third-order valence-electron chi connectivity index (χ3n) is 4.60. The van der Waals surface area contributed by atoms with Gasteiger partial charge in [-0.15, -0.1) is 5.10 Å². The Bertz CT molecular complexity index is 1210. The fourth-order valence-electron chi connectivity index (χ4n) is 3.01. The number of hydrogen-bond acceptors (Lipinski definition) is 7. The summed E-state index contributed by atoms with van der Waals surface area (Å²) in [6.45, 7) is 1.91. The highest BCUT2D eigenvalue weighted by atomic mass is 35.5. The Morgan fingerprint density at radius 2 is 1.91 bits per heavy atom. The van der Waals surface area contributed by atoms with E-state index in [0.29, 0.717) is 18.0 Å². The zero-order valence-electron chi connectivity index (χ0n) is 17.9. The number of nitrogens with one attached hydrogen (secondary N) is 1. The van der Waals surface area contributed by atoms with Crippen molar-refractivity contribution in [2.75, 3.05) is 17.5 Å². The molecule has 0 aliphatic carbocycles. The van der Waals surface area contributed by atoms with Crippen molar-refractivity contribution >= 4 is 45.0 Å². The zero-order valence-corrected chi connectivity index (χ0v) is 20.3. The van der Waals surface area contributed by atoms with Crippen LogP contribution in [0, 0.1) is 5.82 Å². The molecule has 0 unspecified atom stereocenters. The molecule has 34 heavy (non-hydrogen) atoms. The molecule has 0 radical (unpaired) electrons. The summed E-state index contributed by atoms with van der Waals surface area (Å²) < 4.78 is 49.0. The van der Waals surface area contributed by atoms with Crippen LogP contribution in [0.15, 0.2) is 53.7 Å². The first kappa shape index (κ1) is 25.7. The molecule has 182 valence electrons. The zero-order chi connectivity index (χ0) is 24.7. The van der Waals surface area contributed by atoms with Gasteiger partial charge in [0.1, 0.15) is 18.8 Å². The van der Waals surface area contributed by atoms with E-state index in [4.69, 9.17) is 27.9 Å². The lowest BCUT2D eigenvalue weighted by molar-refractivity contribution is 0.141. The highest BCUT2D eigenvalue weighted by Crippen LogP contribution is 2.31. The average Bonchev–Trinajstić information content (AvgIpc) is 3.31. The van der Waals surface area contributed by atoms with Gasteiger partial charge in [0.2, 0.25) is 0 Å². The van der Waals surface area contributed by atoms with Crippen LogP contribution < -0.4 is 9.62 Å². The van der Waals surface area contributed by atoms with E-state index < -0.39 is 28.0 Å². The summed E-state index contributed by atoms with van der Waals surface area (Å²) >= 11 is 11.9. The Morgan fingerprint density at radius 3 is 2.59 bits per heavy atom. The lowest BCUT2D eigenvalue weighted by Crippen LogP contribution is -2.43. The maximum Gasteiger partial charge on any atom is 0.407 e. The van der Waals surface area contributed by atoms with E-state index in [-0.39, 0.29) is 28.8 Å². The van der Waals surface area contributed by atoms with Crippen LogP contribution >= 0.6 is 23.2 Å². The van der Waals surface area contributed by atoms with Gasteiger partial charge in [0, 0.05) is 23.1 Å². The molecule has 0 aliphatic rings. The third-order valence-corrected chi connectivity index (χ3v) is 7.03. The molecule has 0 saturated carbocycles. The minimum absolute atomic E-state index is 0.116. The van der Waals surface area contributed by atoms with Gasteiger partial charge in [0.25, 0.3) is 10.0 Å². The Labute approximate surface area is 205 Å². The van der Waals surface area contributed by atoms with E-state index in [9.17, 15) is 17.6 Å². The molecule has 14 heteroatoms. The van der Waals surface area contributed by atoms with Gasteiger partial charge in [-0.2, -0.15) is 0 Å². The molecule has 1 heterocycles. The quantitative estimate of drug-likeness (QED) is 0.398. The number of carbonyl (C=O) groups excluding carboxylic acids is 1. The highest BCUT2D eigenvalue weighted by molar-refractivity contribution is 7.92. The smallest absolute Gasteiger partial charge is 0.407 e. The Hall–Kier alpha value is -2.96. The molecular formula is C20H21Cl2FN6O4S. The number of rotatable bonds is 10. The Balaban J connectivity index is 1.72. The fourth-order valence-corrected chi connectivity index (χ4v) is 4.94. The summed E-state index contributed by atoms with van der Waals surface area (Å²) in [7, 11) is -4.26. The van der Waals surface area contributed by atoms with Crippen molar-refractivity contribution in [3.05, 3.63) is 64.7 Å². The van der Waals surface area contributed by atoms with Gasteiger partial charge < -0.3 is 10.1 Å². The molecule has 1 amide bonds. The molecule has 1 aromatic heterocycles. The molecule has 0 saturated heterocycles. The van der Waals surface area contributed by atoms with E-state index in [0.717, 1.165) is 10.4 Å². The number of anilines is 1. The maximum atomic E-state index is 14.7. The number of hydrogen-bond donors (Lipinski definition) is 1. The van der Waals surface area contributed by atoms with E-state index in [1.54, 1.807) is 0 Å². The number of tetrazole rings is 1. The minimum Gasteiger partial charge on any atom is -0.447 e. The largest absolute Gasteiger partial charge is 0.447 e. The summed E-state index contributed by atoms with van der Waals surface area (Å²) in [5, 5.41) is 13.8. The first-order valence-corrected chi connectivity index (χ1v) is 12.2. The molecule has 2 aromatic carbocycles. The normalized spacial score (nSPS) is 12.2. The molecule has 0 spiro atoms. The van der Waals surface area contributed by atoms with Gasteiger partial charge >= 0.3 is 6.09 Å². The number of aryl methyl sites for hydroxylation is 1. The fraction of sp³-hybridized carbons (Fsp3) is 0.300. The summed E-state index contributed by atoms with van der Waals surface area (Å²) in [6.07, 6.45) is 1.24. The van der Waals surface area contributed by atoms with Gasteiger partial charge in [0.15, 0.2) is 0 Å². The Kier molecular flexibility index (Phi) is 8.64. The minimum atomic E-state index is -4.26. The molecule has 3 aromatic rings. The number of carbonyl (C=O) groups is 1. The van der Waals surface area contributed by atoms with Crippen molar-refractivity contribution in [3.8, 4) is 0 Å². The molecule has 0 fully saturated rings. The molecule has 10 nitrogen and oxygen atoms in total. The standard InChI is InChI=1S/C20H21Cl2FN6O4S/c1-14(12-33-20(30)24-9-2-10-28-13-25-26-27-28)29(19-11-16(22)5-8-18(19)23)34(31,32)17-6-3-15(21)4-7-17/h3-8,11,13-14H,2,9-10,12H2,1H3,(H,24,30)/t14-/m0/s1. The van der Waals surface area contributed by atoms with E-state index in [1.165, 1.54) is 54.3 Å². The molecule has 0 aliphatic heterocycles. The molecule has 3 rings (SSSR count). The number of ether oxygens (including phenoxy) is 1. The van der Waals surface area contributed by atoms with Gasteiger partial charge in [0.05, 0.1) is 16.6 Å². The topological polar surface area (TPSA) is 119 Å². The van der Waals surface area contributed by atoms with Crippen LogP contribution in [-0.4, -0.2) is 53.9 Å². The van der Waals surface area contributed by atoms with Gasteiger partial charge in [-0.05, 0) is 66.2 Å².